The maximum absolute atomic E-state index is 12.4. The van der Waals surface area contributed by atoms with Gasteiger partial charge in [0, 0.05) is 6.07 Å². The van der Waals surface area contributed by atoms with Crippen molar-refractivity contribution in [3.63, 3.8) is 0 Å². The lowest BCUT2D eigenvalue weighted by Gasteiger charge is -2.17. The molecule has 2 atom stereocenters. The molecule has 1 heterocycles. The van der Waals surface area contributed by atoms with Gasteiger partial charge in [0.05, 0.1) is 6.10 Å². The fraction of sp³-hybridized carbons (Fsp3) is 0.444. The molecule has 0 saturated carbocycles. The number of carboxylic acid groups (broad SMARTS) is 1. The van der Waals surface area contributed by atoms with Crippen molar-refractivity contribution in [1.29, 1.82) is 0 Å². The van der Waals surface area contributed by atoms with Gasteiger partial charge in [0.1, 0.15) is 0 Å². The molecule has 0 fully saturated rings. The first-order valence-corrected chi connectivity index (χ1v) is 4.97. The number of anilines is 1. The van der Waals surface area contributed by atoms with E-state index < -0.39 is 41.5 Å². The molecule has 2 unspecified atom stereocenters. The quantitative estimate of drug-likeness (QED) is 0.619. The third-order valence-corrected chi connectivity index (χ3v) is 2.07. The van der Waals surface area contributed by atoms with Crippen LogP contribution in [0.3, 0.4) is 0 Å². The Labute approximate surface area is 104 Å². The highest BCUT2D eigenvalue weighted by Crippen LogP contribution is 2.26. The van der Waals surface area contributed by atoms with E-state index in [0.717, 1.165) is 6.92 Å². The van der Waals surface area contributed by atoms with Crippen LogP contribution in [0.1, 0.15) is 12.6 Å². The van der Waals surface area contributed by atoms with Gasteiger partial charge in [0.15, 0.2) is 11.7 Å². The Kier molecular flexibility index (Phi) is 4.14. The molecule has 7 nitrogen and oxygen atoms in total. The minimum atomic E-state index is -4.84. The van der Waals surface area contributed by atoms with Crippen molar-refractivity contribution < 1.29 is 28.2 Å². The van der Waals surface area contributed by atoms with Gasteiger partial charge >= 0.3 is 12.1 Å². The highest BCUT2D eigenvalue weighted by Gasteiger charge is 2.34. The molecule has 0 aliphatic heterocycles. The summed E-state index contributed by atoms with van der Waals surface area (Å²) in [4.78, 5) is 26.7. The molecule has 1 aromatic heterocycles. The normalized spacial score (nSPS) is 14.8. The van der Waals surface area contributed by atoms with Crippen LogP contribution in [0.15, 0.2) is 10.9 Å². The van der Waals surface area contributed by atoms with Crippen LogP contribution in [0, 0.1) is 0 Å². The number of H-pyrrole nitrogens is 1. The predicted octanol–water partition coefficient (Wildman–Crippen LogP) is 0.0346. The lowest BCUT2D eigenvalue weighted by atomic mass is 10.2. The number of hydrogen-bond acceptors (Lipinski definition) is 5. The number of aliphatic hydroxyl groups excluding tert-OH is 1. The van der Waals surface area contributed by atoms with Gasteiger partial charge in [0.2, 0.25) is 5.95 Å². The number of aliphatic carboxylic acids is 1. The number of carbonyl (C=O) groups is 1. The lowest BCUT2D eigenvalue weighted by molar-refractivity contribution is -0.141. The van der Waals surface area contributed by atoms with E-state index in [9.17, 15) is 22.8 Å². The first kappa shape index (κ1) is 15.0. The summed E-state index contributed by atoms with van der Waals surface area (Å²) in [5, 5.41) is 19.9. The van der Waals surface area contributed by atoms with Crippen molar-refractivity contribution in [1.82, 2.24) is 9.97 Å². The maximum atomic E-state index is 12.4. The number of hydrogen-bond donors (Lipinski definition) is 4. The molecule has 0 saturated heterocycles. The molecule has 10 heteroatoms. The van der Waals surface area contributed by atoms with Crippen LogP contribution in [0.5, 0.6) is 0 Å². The van der Waals surface area contributed by atoms with Crippen LogP contribution in [-0.2, 0) is 11.0 Å². The van der Waals surface area contributed by atoms with E-state index in [1.54, 1.807) is 0 Å². The van der Waals surface area contributed by atoms with E-state index in [1.807, 2.05) is 10.3 Å². The van der Waals surface area contributed by atoms with Crippen LogP contribution in [0.2, 0.25) is 0 Å². The summed E-state index contributed by atoms with van der Waals surface area (Å²) in [5.41, 5.74) is -2.56. The van der Waals surface area contributed by atoms with Crippen molar-refractivity contribution in [2.45, 2.75) is 25.2 Å². The van der Waals surface area contributed by atoms with Gasteiger partial charge in [0.25, 0.3) is 5.56 Å². The Hall–Kier alpha value is -2.10. The molecule has 0 aliphatic rings. The lowest BCUT2D eigenvalue weighted by Crippen LogP contribution is -2.40. The Morgan fingerprint density at radius 1 is 1.53 bits per heavy atom. The molecule has 19 heavy (non-hydrogen) atoms. The summed E-state index contributed by atoms with van der Waals surface area (Å²) in [6.07, 6.45) is -6.24. The van der Waals surface area contributed by atoms with Crippen molar-refractivity contribution in [3.05, 3.63) is 22.1 Å². The number of rotatable bonds is 4. The molecular formula is C9H10F3N3O4. The second kappa shape index (κ2) is 5.26. The zero-order valence-corrected chi connectivity index (χ0v) is 9.52. The monoisotopic (exact) mass is 281 g/mol. The smallest absolute Gasteiger partial charge is 0.433 e. The number of alkyl halides is 3. The Balaban J connectivity index is 3.11. The van der Waals surface area contributed by atoms with Crippen LogP contribution in [0.25, 0.3) is 0 Å². The third kappa shape index (κ3) is 3.95. The van der Waals surface area contributed by atoms with E-state index in [0.29, 0.717) is 0 Å². The van der Waals surface area contributed by atoms with Gasteiger partial charge in [-0.05, 0) is 6.92 Å². The molecule has 1 aromatic rings. The zero-order valence-electron chi connectivity index (χ0n) is 9.52. The fourth-order valence-corrected chi connectivity index (χ4v) is 1.21. The van der Waals surface area contributed by atoms with Gasteiger partial charge in [-0.1, -0.05) is 0 Å². The van der Waals surface area contributed by atoms with E-state index in [2.05, 4.69) is 4.98 Å². The Morgan fingerprint density at radius 3 is 2.53 bits per heavy atom. The summed E-state index contributed by atoms with van der Waals surface area (Å²) >= 11 is 0. The molecule has 0 radical (unpaired) electrons. The van der Waals surface area contributed by atoms with Crippen LogP contribution in [0.4, 0.5) is 19.1 Å². The zero-order chi connectivity index (χ0) is 14.8. The molecule has 106 valence electrons. The topological polar surface area (TPSA) is 115 Å². The van der Waals surface area contributed by atoms with Crippen LogP contribution in [-0.4, -0.2) is 38.3 Å². The average molecular weight is 281 g/mol. The highest BCUT2D eigenvalue weighted by molar-refractivity contribution is 5.77. The van der Waals surface area contributed by atoms with Crippen molar-refractivity contribution in [2.75, 3.05) is 5.32 Å². The molecule has 0 bridgehead atoms. The third-order valence-electron chi connectivity index (χ3n) is 2.07. The van der Waals surface area contributed by atoms with Crippen molar-refractivity contribution >= 4 is 11.9 Å². The largest absolute Gasteiger partial charge is 0.480 e. The molecule has 0 aliphatic carbocycles. The first-order chi connectivity index (χ1) is 8.61. The summed E-state index contributed by atoms with van der Waals surface area (Å²) < 4.78 is 37.2. The molecule has 0 amide bonds. The van der Waals surface area contributed by atoms with Gasteiger partial charge in [-0.25, -0.2) is 9.78 Å². The first-order valence-electron chi connectivity index (χ1n) is 4.97. The summed E-state index contributed by atoms with van der Waals surface area (Å²) in [6.45, 7) is 1.12. The number of aromatic amines is 1. The Bertz CT molecular complexity index is 526. The fourth-order valence-electron chi connectivity index (χ4n) is 1.21. The SMILES string of the molecule is CC(O)C(Nc1nc(C(F)(F)F)cc(=O)[nH]1)C(=O)O. The molecule has 0 aromatic carbocycles. The molecule has 4 N–H and O–H groups in total. The maximum Gasteiger partial charge on any atom is 0.433 e. The number of aromatic nitrogens is 2. The van der Waals surface area contributed by atoms with Crippen LogP contribution >= 0.6 is 0 Å². The molecular weight excluding hydrogens is 271 g/mol. The molecule has 1 rings (SSSR count). The van der Waals surface area contributed by atoms with E-state index in [-0.39, 0.29) is 6.07 Å². The predicted molar refractivity (Wildman–Crippen MR) is 56.6 cm³/mol. The minimum absolute atomic E-state index is 0.239. The van der Waals surface area contributed by atoms with Crippen molar-refractivity contribution in [3.8, 4) is 0 Å². The second-order valence-electron chi connectivity index (χ2n) is 3.68. The van der Waals surface area contributed by atoms with Gasteiger partial charge in [-0.3, -0.25) is 9.78 Å². The van der Waals surface area contributed by atoms with Crippen LogP contribution < -0.4 is 10.9 Å². The average Bonchev–Trinajstić information content (AvgIpc) is 2.23. The number of carboxylic acids is 1. The summed E-state index contributed by atoms with van der Waals surface area (Å²) in [5.74, 6) is -2.19. The summed E-state index contributed by atoms with van der Waals surface area (Å²) in [7, 11) is 0. The second-order valence-corrected chi connectivity index (χ2v) is 3.68. The number of aliphatic hydroxyl groups is 1. The Morgan fingerprint density at radius 2 is 2.11 bits per heavy atom. The van der Waals surface area contributed by atoms with E-state index >= 15 is 0 Å². The van der Waals surface area contributed by atoms with E-state index in [4.69, 9.17) is 10.2 Å². The number of nitrogens with zero attached hydrogens (tertiary/aromatic N) is 1. The number of halogens is 3. The van der Waals surface area contributed by atoms with Gasteiger partial charge < -0.3 is 15.5 Å². The van der Waals surface area contributed by atoms with Gasteiger partial charge in [-0.15, -0.1) is 0 Å². The number of nitrogens with one attached hydrogen (secondary N) is 2. The standard InChI is InChI=1S/C9H10F3N3O4/c1-3(16)6(7(18)19)15-8-13-4(9(10,11)12)2-5(17)14-8/h2-3,6,16H,1H3,(H,18,19)(H2,13,14,15,17). The van der Waals surface area contributed by atoms with Gasteiger partial charge in [-0.2, -0.15) is 13.2 Å². The summed E-state index contributed by atoms with van der Waals surface area (Å²) in [6, 6.07) is -1.37. The highest BCUT2D eigenvalue weighted by atomic mass is 19.4. The molecule has 0 spiro atoms. The van der Waals surface area contributed by atoms with Crippen molar-refractivity contribution in [2.24, 2.45) is 0 Å². The minimum Gasteiger partial charge on any atom is -0.480 e. The van der Waals surface area contributed by atoms with E-state index in [1.165, 1.54) is 0 Å².